The standard InChI is InChI=1S/C20H26N2O5S/c1-13-7-9-17(14(2)11-13)21-20(23)15(3)22(28(6,24)25)16-8-10-18(26-4)19(12-16)27-5/h7-12,15H,1-6H3,(H,21,23)/t15-/m1/s1. The fourth-order valence-corrected chi connectivity index (χ4v) is 4.13. The van der Waals surface area contributed by atoms with Crippen molar-refractivity contribution in [2.24, 2.45) is 0 Å². The number of rotatable bonds is 7. The highest BCUT2D eigenvalue weighted by molar-refractivity contribution is 7.92. The molecule has 2 aromatic carbocycles. The van der Waals surface area contributed by atoms with Crippen LogP contribution in [0.3, 0.4) is 0 Å². The van der Waals surface area contributed by atoms with E-state index in [4.69, 9.17) is 9.47 Å². The normalized spacial score (nSPS) is 12.2. The van der Waals surface area contributed by atoms with Crippen molar-refractivity contribution in [2.45, 2.75) is 26.8 Å². The van der Waals surface area contributed by atoms with Crippen LogP contribution in [0.4, 0.5) is 11.4 Å². The fraction of sp³-hybridized carbons (Fsp3) is 0.350. The van der Waals surface area contributed by atoms with Crippen LogP contribution in [0.1, 0.15) is 18.1 Å². The molecule has 8 heteroatoms. The van der Waals surface area contributed by atoms with Gasteiger partial charge >= 0.3 is 0 Å². The molecule has 2 aromatic rings. The van der Waals surface area contributed by atoms with E-state index in [-0.39, 0.29) is 0 Å². The summed E-state index contributed by atoms with van der Waals surface area (Å²) in [7, 11) is -0.787. The van der Waals surface area contributed by atoms with Gasteiger partial charge in [-0.05, 0) is 44.5 Å². The summed E-state index contributed by atoms with van der Waals surface area (Å²) < 4.78 is 36.5. The first-order valence-electron chi connectivity index (χ1n) is 8.68. The molecule has 0 bridgehead atoms. The molecule has 0 aliphatic rings. The van der Waals surface area contributed by atoms with Crippen LogP contribution >= 0.6 is 0 Å². The first-order valence-corrected chi connectivity index (χ1v) is 10.5. The van der Waals surface area contributed by atoms with Gasteiger partial charge in [-0.3, -0.25) is 9.10 Å². The van der Waals surface area contributed by atoms with E-state index < -0.39 is 22.0 Å². The van der Waals surface area contributed by atoms with Crippen LogP contribution in [0.15, 0.2) is 36.4 Å². The second-order valence-corrected chi connectivity index (χ2v) is 8.44. The van der Waals surface area contributed by atoms with E-state index >= 15 is 0 Å². The summed E-state index contributed by atoms with van der Waals surface area (Å²) in [5.74, 6) is 0.398. The van der Waals surface area contributed by atoms with Crippen molar-refractivity contribution in [3.8, 4) is 11.5 Å². The minimum absolute atomic E-state index is 0.309. The van der Waals surface area contributed by atoms with Crippen LogP contribution in [0.5, 0.6) is 11.5 Å². The van der Waals surface area contributed by atoms with Crippen LogP contribution in [0.25, 0.3) is 0 Å². The average Bonchev–Trinajstić information content (AvgIpc) is 2.62. The second kappa shape index (κ2) is 8.52. The molecule has 0 aromatic heterocycles. The Hall–Kier alpha value is -2.74. The number of methoxy groups -OCH3 is 2. The zero-order valence-electron chi connectivity index (χ0n) is 16.9. The van der Waals surface area contributed by atoms with E-state index in [9.17, 15) is 13.2 Å². The van der Waals surface area contributed by atoms with Crippen LogP contribution in [-0.2, 0) is 14.8 Å². The zero-order chi connectivity index (χ0) is 21.1. The number of anilines is 2. The SMILES string of the molecule is COc1ccc(N([C@H](C)C(=O)Nc2ccc(C)cc2C)S(C)(=O)=O)cc1OC. The number of carbonyl (C=O) groups is 1. The Morgan fingerprint density at radius 3 is 2.21 bits per heavy atom. The molecule has 152 valence electrons. The third kappa shape index (κ3) is 4.75. The van der Waals surface area contributed by atoms with Crippen molar-refractivity contribution >= 4 is 27.3 Å². The number of hydrogen-bond donors (Lipinski definition) is 1. The number of benzene rings is 2. The van der Waals surface area contributed by atoms with E-state index in [1.165, 1.54) is 27.2 Å². The Bertz CT molecular complexity index is 973. The van der Waals surface area contributed by atoms with Crippen molar-refractivity contribution in [3.63, 3.8) is 0 Å². The topological polar surface area (TPSA) is 84.9 Å². The van der Waals surface area contributed by atoms with Gasteiger partial charge < -0.3 is 14.8 Å². The molecule has 0 fully saturated rings. The third-order valence-electron chi connectivity index (χ3n) is 4.35. The van der Waals surface area contributed by atoms with Crippen molar-refractivity contribution in [2.75, 3.05) is 30.1 Å². The summed E-state index contributed by atoms with van der Waals surface area (Å²) in [5.41, 5.74) is 2.93. The van der Waals surface area contributed by atoms with Gasteiger partial charge in [-0.1, -0.05) is 17.7 Å². The Kier molecular flexibility index (Phi) is 6.56. The number of hydrogen-bond acceptors (Lipinski definition) is 5. The number of nitrogens with zero attached hydrogens (tertiary/aromatic N) is 1. The minimum atomic E-state index is -3.74. The van der Waals surface area contributed by atoms with Crippen LogP contribution in [0, 0.1) is 13.8 Å². The lowest BCUT2D eigenvalue weighted by Gasteiger charge is -2.29. The van der Waals surface area contributed by atoms with Gasteiger partial charge in [0, 0.05) is 11.8 Å². The van der Waals surface area contributed by atoms with Crippen LogP contribution in [-0.4, -0.2) is 40.8 Å². The van der Waals surface area contributed by atoms with Gasteiger partial charge in [-0.15, -0.1) is 0 Å². The minimum Gasteiger partial charge on any atom is -0.493 e. The van der Waals surface area contributed by atoms with E-state index in [0.717, 1.165) is 21.7 Å². The second-order valence-electron chi connectivity index (χ2n) is 6.58. The third-order valence-corrected chi connectivity index (χ3v) is 5.59. The Morgan fingerprint density at radius 1 is 1.04 bits per heavy atom. The fourth-order valence-electron chi connectivity index (χ4n) is 2.96. The van der Waals surface area contributed by atoms with Crippen molar-refractivity contribution < 1.29 is 22.7 Å². The average molecular weight is 407 g/mol. The predicted octanol–water partition coefficient (Wildman–Crippen LogP) is 3.11. The summed E-state index contributed by atoms with van der Waals surface area (Å²) >= 11 is 0. The van der Waals surface area contributed by atoms with Crippen LogP contribution < -0.4 is 19.1 Å². The molecule has 28 heavy (non-hydrogen) atoms. The summed E-state index contributed by atoms with van der Waals surface area (Å²) in [6.45, 7) is 5.39. The molecule has 0 aliphatic heterocycles. The lowest BCUT2D eigenvalue weighted by molar-refractivity contribution is -0.116. The highest BCUT2D eigenvalue weighted by Gasteiger charge is 2.30. The Morgan fingerprint density at radius 2 is 1.68 bits per heavy atom. The molecule has 7 nitrogen and oxygen atoms in total. The van der Waals surface area contributed by atoms with Gasteiger partial charge in [0.15, 0.2) is 11.5 Å². The molecule has 0 spiro atoms. The quantitative estimate of drug-likeness (QED) is 0.764. The number of aryl methyl sites for hydroxylation is 2. The van der Waals surface area contributed by atoms with Gasteiger partial charge in [0.25, 0.3) is 0 Å². The van der Waals surface area contributed by atoms with Gasteiger partial charge in [0.1, 0.15) is 6.04 Å². The van der Waals surface area contributed by atoms with Crippen molar-refractivity contribution in [3.05, 3.63) is 47.5 Å². The summed E-state index contributed by atoms with van der Waals surface area (Å²) in [5, 5.41) is 2.81. The summed E-state index contributed by atoms with van der Waals surface area (Å²) in [6.07, 6.45) is 1.06. The van der Waals surface area contributed by atoms with E-state index in [1.54, 1.807) is 18.2 Å². The molecule has 2 rings (SSSR count). The maximum absolute atomic E-state index is 12.8. The molecule has 0 heterocycles. The molecule has 0 aliphatic carbocycles. The molecule has 0 unspecified atom stereocenters. The van der Waals surface area contributed by atoms with Crippen molar-refractivity contribution in [1.29, 1.82) is 0 Å². The first-order chi connectivity index (χ1) is 13.1. The monoisotopic (exact) mass is 406 g/mol. The molecular weight excluding hydrogens is 380 g/mol. The number of amides is 1. The lowest BCUT2D eigenvalue weighted by Crippen LogP contribution is -2.45. The lowest BCUT2D eigenvalue weighted by atomic mass is 10.1. The number of sulfonamides is 1. The van der Waals surface area contributed by atoms with Gasteiger partial charge in [0.05, 0.1) is 26.2 Å². The molecular formula is C20H26N2O5S. The Balaban J connectivity index is 2.39. The van der Waals surface area contributed by atoms with Crippen molar-refractivity contribution in [1.82, 2.24) is 0 Å². The van der Waals surface area contributed by atoms with Gasteiger partial charge in [-0.2, -0.15) is 0 Å². The molecule has 0 saturated carbocycles. The molecule has 0 radical (unpaired) electrons. The Labute approximate surface area is 166 Å². The largest absolute Gasteiger partial charge is 0.493 e. The highest BCUT2D eigenvalue weighted by atomic mass is 32.2. The molecule has 1 amide bonds. The maximum atomic E-state index is 12.8. The highest BCUT2D eigenvalue weighted by Crippen LogP contribution is 2.33. The number of ether oxygens (including phenoxy) is 2. The smallest absolute Gasteiger partial charge is 0.248 e. The van der Waals surface area contributed by atoms with E-state index in [2.05, 4.69) is 5.32 Å². The van der Waals surface area contributed by atoms with Gasteiger partial charge in [0.2, 0.25) is 15.9 Å². The first kappa shape index (κ1) is 21.6. The summed E-state index contributed by atoms with van der Waals surface area (Å²) in [6, 6.07) is 9.36. The number of carbonyl (C=O) groups excluding carboxylic acids is 1. The maximum Gasteiger partial charge on any atom is 0.248 e. The van der Waals surface area contributed by atoms with E-state index in [1.807, 2.05) is 26.0 Å². The number of nitrogens with one attached hydrogen (secondary N) is 1. The van der Waals surface area contributed by atoms with Gasteiger partial charge in [-0.25, -0.2) is 8.42 Å². The molecule has 1 N–H and O–H groups in total. The molecule has 0 saturated heterocycles. The van der Waals surface area contributed by atoms with Crippen LogP contribution in [0.2, 0.25) is 0 Å². The predicted molar refractivity (Wildman–Crippen MR) is 111 cm³/mol. The summed E-state index contributed by atoms with van der Waals surface area (Å²) in [4.78, 5) is 12.8. The molecule has 1 atom stereocenters. The zero-order valence-corrected chi connectivity index (χ0v) is 17.8. The van der Waals surface area contributed by atoms with E-state index in [0.29, 0.717) is 22.9 Å².